The highest BCUT2D eigenvalue weighted by atomic mass is 16.4. The van der Waals surface area contributed by atoms with Crippen molar-refractivity contribution in [2.75, 3.05) is 6.61 Å². The lowest BCUT2D eigenvalue weighted by Gasteiger charge is -2.07. The van der Waals surface area contributed by atoms with Crippen molar-refractivity contribution in [3.8, 4) is 0 Å². The first-order valence-corrected chi connectivity index (χ1v) is 4.92. The van der Waals surface area contributed by atoms with E-state index in [1.807, 2.05) is 13.0 Å². The smallest absolute Gasteiger partial charge is 0.156 e. The van der Waals surface area contributed by atoms with Gasteiger partial charge in [-0.1, -0.05) is 6.07 Å². The number of rotatable bonds is 3. The number of imidazole rings is 1. The predicted octanol–water partition coefficient (Wildman–Crippen LogP) is -0.299. The van der Waals surface area contributed by atoms with Crippen molar-refractivity contribution in [1.82, 2.24) is 9.55 Å². The van der Waals surface area contributed by atoms with Gasteiger partial charge in [0.2, 0.25) is 0 Å². The lowest BCUT2D eigenvalue weighted by atomic mass is 10.2. The monoisotopic (exact) mass is 219 g/mol. The number of carboxylic acid groups (broad SMARTS) is 1. The number of fused-ring (bicyclic) bond motifs is 1. The second-order valence-electron chi connectivity index (χ2n) is 3.59. The summed E-state index contributed by atoms with van der Waals surface area (Å²) in [5, 5.41) is 19.8. The van der Waals surface area contributed by atoms with Gasteiger partial charge in [-0.25, -0.2) is 4.98 Å². The third-order valence-electron chi connectivity index (χ3n) is 2.41. The molecule has 5 heteroatoms. The lowest BCUT2D eigenvalue weighted by molar-refractivity contribution is -0.256. The largest absolute Gasteiger partial charge is 0.542 e. The predicted molar refractivity (Wildman–Crippen MR) is 55.9 cm³/mol. The van der Waals surface area contributed by atoms with Crippen molar-refractivity contribution < 1.29 is 15.0 Å². The SMILES string of the molecule is Cc1ccc2c(c1)nc(C(=O)[O-])n2CCO. The Morgan fingerprint density at radius 1 is 1.56 bits per heavy atom. The molecule has 0 saturated heterocycles. The molecule has 0 unspecified atom stereocenters. The third-order valence-corrected chi connectivity index (χ3v) is 2.41. The summed E-state index contributed by atoms with van der Waals surface area (Å²) in [7, 11) is 0. The molecule has 0 aliphatic rings. The number of aryl methyl sites for hydroxylation is 1. The number of nitrogens with zero attached hydrogens (tertiary/aromatic N) is 2. The number of carboxylic acids is 1. The molecule has 0 amide bonds. The molecule has 0 bridgehead atoms. The Bertz CT molecular complexity index is 545. The van der Waals surface area contributed by atoms with Crippen LogP contribution in [0.5, 0.6) is 0 Å². The van der Waals surface area contributed by atoms with Crippen LogP contribution in [0.1, 0.15) is 16.2 Å². The Labute approximate surface area is 92.0 Å². The number of carbonyl (C=O) groups is 1. The van der Waals surface area contributed by atoms with Crippen molar-refractivity contribution in [2.45, 2.75) is 13.5 Å². The highest BCUT2D eigenvalue weighted by molar-refractivity contribution is 5.88. The first-order valence-electron chi connectivity index (χ1n) is 4.92. The summed E-state index contributed by atoms with van der Waals surface area (Å²) in [6, 6.07) is 5.46. The van der Waals surface area contributed by atoms with E-state index in [0.717, 1.165) is 5.56 Å². The maximum absolute atomic E-state index is 10.9. The molecule has 16 heavy (non-hydrogen) atoms. The molecule has 1 N–H and O–H groups in total. The van der Waals surface area contributed by atoms with Crippen LogP contribution in [-0.4, -0.2) is 27.2 Å². The number of carbonyl (C=O) groups excluding carboxylic acids is 1. The van der Waals surface area contributed by atoms with Crippen LogP contribution in [0, 0.1) is 6.92 Å². The summed E-state index contributed by atoms with van der Waals surface area (Å²) in [6.07, 6.45) is 0. The van der Waals surface area contributed by atoms with Crippen LogP contribution < -0.4 is 5.11 Å². The van der Waals surface area contributed by atoms with Crippen LogP contribution in [-0.2, 0) is 6.54 Å². The molecule has 5 nitrogen and oxygen atoms in total. The van der Waals surface area contributed by atoms with Gasteiger partial charge in [-0.3, -0.25) is 0 Å². The highest BCUT2D eigenvalue weighted by Crippen LogP contribution is 2.17. The molecule has 0 atom stereocenters. The fourth-order valence-corrected chi connectivity index (χ4v) is 1.72. The average Bonchev–Trinajstić information content (AvgIpc) is 2.57. The highest BCUT2D eigenvalue weighted by Gasteiger charge is 2.10. The molecule has 0 spiro atoms. The van der Waals surface area contributed by atoms with Crippen LogP contribution in [0.4, 0.5) is 0 Å². The van der Waals surface area contributed by atoms with E-state index < -0.39 is 5.97 Å². The minimum absolute atomic E-state index is 0.139. The van der Waals surface area contributed by atoms with Crippen molar-refractivity contribution >= 4 is 17.0 Å². The van der Waals surface area contributed by atoms with Crippen LogP contribution in [0.2, 0.25) is 0 Å². The fourth-order valence-electron chi connectivity index (χ4n) is 1.72. The zero-order valence-electron chi connectivity index (χ0n) is 8.80. The number of hydrogen-bond donors (Lipinski definition) is 1. The molecule has 0 radical (unpaired) electrons. The minimum atomic E-state index is -1.33. The molecule has 84 valence electrons. The first kappa shape index (κ1) is 10.6. The van der Waals surface area contributed by atoms with Crippen LogP contribution in [0.3, 0.4) is 0 Å². The van der Waals surface area contributed by atoms with E-state index in [1.54, 1.807) is 12.1 Å². The molecular weight excluding hydrogens is 208 g/mol. The zero-order valence-corrected chi connectivity index (χ0v) is 8.80. The Morgan fingerprint density at radius 3 is 2.94 bits per heavy atom. The summed E-state index contributed by atoms with van der Waals surface area (Å²) in [5.74, 6) is -1.48. The summed E-state index contributed by atoms with van der Waals surface area (Å²) >= 11 is 0. The van der Waals surface area contributed by atoms with Gasteiger partial charge in [0.25, 0.3) is 0 Å². The van der Waals surface area contributed by atoms with Crippen molar-refractivity contribution in [3.63, 3.8) is 0 Å². The van der Waals surface area contributed by atoms with E-state index >= 15 is 0 Å². The van der Waals surface area contributed by atoms with E-state index in [0.29, 0.717) is 11.0 Å². The quantitative estimate of drug-likeness (QED) is 0.768. The molecule has 0 fully saturated rings. The number of hydrogen-bond acceptors (Lipinski definition) is 4. The normalized spacial score (nSPS) is 10.9. The van der Waals surface area contributed by atoms with Crippen molar-refractivity contribution in [2.24, 2.45) is 0 Å². The van der Waals surface area contributed by atoms with Gasteiger partial charge < -0.3 is 19.6 Å². The maximum atomic E-state index is 10.9. The molecule has 1 heterocycles. The number of aliphatic hydroxyl groups is 1. The summed E-state index contributed by atoms with van der Waals surface area (Å²) < 4.78 is 1.45. The van der Waals surface area contributed by atoms with Gasteiger partial charge in [-0.15, -0.1) is 0 Å². The summed E-state index contributed by atoms with van der Waals surface area (Å²) in [4.78, 5) is 14.9. The Hall–Kier alpha value is -1.88. The average molecular weight is 219 g/mol. The second kappa shape index (κ2) is 3.94. The van der Waals surface area contributed by atoms with Crippen molar-refractivity contribution in [1.29, 1.82) is 0 Å². The maximum Gasteiger partial charge on any atom is 0.156 e. The third kappa shape index (κ3) is 1.65. The van der Waals surface area contributed by atoms with Gasteiger partial charge in [-0.2, -0.15) is 0 Å². The van der Waals surface area contributed by atoms with Gasteiger partial charge in [-0.05, 0) is 24.6 Å². The minimum Gasteiger partial charge on any atom is -0.542 e. The van der Waals surface area contributed by atoms with E-state index in [1.165, 1.54) is 4.57 Å². The number of aliphatic hydroxyl groups excluding tert-OH is 1. The molecule has 2 rings (SSSR count). The molecule has 2 aromatic rings. The Kier molecular flexibility index (Phi) is 2.62. The van der Waals surface area contributed by atoms with Gasteiger partial charge in [0.15, 0.2) is 5.82 Å². The van der Waals surface area contributed by atoms with Crippen LogP contribution >= 0.6 is 0 Å². The van der Waals surface area contributed by atoms with Crippen LogP contribution in [0.25, 0.3) is 11.0 Å². The number of aromatic carboxylic acids is 1. The Balaban J connectivity index is 2.70. The molecule has 0 aliphatic heterocycles. The molecule has 1 aromatic heterocycles. The van der Waals surface area contributed by atoms with Gasteiger partial charge in [0, 0.05) is 6.54 Å². The summed E-state index contributed by atoms with van der Waals surface area (Å²) in [5.41, 5.74) is 2.30. The molecule has 0 aliphatic carbocycles. The summed E-state index contributed by atoms with van der Waals surface area (Å²) in [6.45, 7) is 1.96. The van der Waals surface area contributed by atoms with E-state index in [-0.39, 0.29) is 19.0 Å². The first-order chi connectivity index (χ1) is 7.63. The van der Waals surface area contributed by atoms with Gasteiger partial charge >= 0.3 is 0 Å². The molecule has 1 aromatic carbocycles. The molecular formula is C11H11N2O3-. The van der Waals surface area contributed by atoms with E-state index in [9.17, 15) is 9.90 Å². The lowest BCUT2D eigenvalue weighted by Crippen LogP contribution is -2.27. The van der Waals surface area contributed by atoms with Gasteiger partial charge in [0.1, 0.15) is 5.97 Å². The standard InChI is InChI=1S/C11H12N2O3/c1-7-2-3-9-8(6-7)12-10(11(15)16)13(9)4-5-14/h2-3,6,14H,4-5H2,1H3,(H,15,16)/p-1. The fraction of sp³-hybridized carbons (Fsp3) is 0.273. The van der Waals surface area contributed by atoms with Crippen LogP contribution in [0.15, 0.2) is 18.2 Å². The zero-order chi connectivity index (χ0) is 11.7. The topological polar surface area (TPSA) is 78.2 Å². The van der Waals surface area contributed by atoms with E-state index in [4.69, 9.17) is 5.11 Å². The number of benzene rings is 1. The van der Waals surface area contributed by atoms with Gasteiger partial charge in [0.05, 0.1) is 17.6 Å². The second-order valence-corrected chi connectivity index (χ2v) is 3.59. The van der Waals surface area contributed by atoms with E-state index in [2.05, 4.69) is 4.98 Å². The molecule has 0 saturated carbocycles. The van der Waals surface area contributed by atoms with Crippen molar-refractivity contribution in [3.05, 3.63) is 29.6 Å². The Morgan fingerprint density at radius 2 is 2.31 bits per heavy atom. The number of aromatic nitrogens is 2.